The number of benzene rings is 2. The number of allylic oxidation sites excluding steroid dienone is 2. The average Bonchev–Trinajstić information content (AvgIpc) is 2.52. The summed E-state index contributed by atoms with van der Waals surface area (Å²) < 4.78 is 28.7. The molecule has 0 aromatic heterocycles. The van der Waals surface area contributed by atoms with Crippen molar-refractivity contribution in [3.8, 4) is 0 Å². The standard InChI is InChI=1S/C18H15Br2NO2S/c1-24(22,23)21-18(12-6-14-2-8-16(19)9-3-14)13-7-15-4-10-17(20)11-5-15/h2-13H,1H3/b12-6+,13-7+. The summed E-state index contributed by atoms with van der Waals surface area (Å²) in [7, 11) is -3.48. The lowest BCUT2D eigenvalue weighted by molar-refractivity contribution is 0.604. The molecule has 0 spiro atoms. The van der Waals surface area contributed by atoms with Gasteiger partial charge in [-0.25, -0.2) is 8.42 Å². The molecule has 24 heavy (non-hydrogen) atoms. The van der Waals surface area contributed by atoms with Gasteiger partial charge in [-0.3, -0.25) is 0 Å². The van der Waals surface area contributed by atoms with Gasteiger partial charge in [-0.1, -0.05) is 68.3 Å². The molecule has 2 aromatic carbocycles. The predicted octanol–water partition coefficient (Wildman–Crippen LogP) is 5.34. The maximum atomic E-state index is 11.5. The van der Waals surface area contributed by atoms with Crippen LogP contribution in [0.2, 0.25) is 0 Å². The van der Waals surface area contributed by atoms with Gasteiger partial charge in [-0.15, -0.1) is 0 Å². The molecule has 0 aliphatic carbocycles. The molecule has 0 radical (unpaired) electrons. The minimum atomic E-state index is -3.48. The Hall–Kier alpha value is -1.50. The molecule has 124 valence electrons. The van der Waals surface area contributed by atoms with Crippen LogP contribution < -0.4 is 0 Å². The zero-order valence-electron chi connectivity index (χ0n) is 12.9. The predicted molar refractivity (Wildman–Crippen MR) is 109 cm³/mol. The van der Waals surface area contributed by atoms with Gasteiger partial charge in [0.15, 0.2) is 0 Å². The molecule has 2 aromatic rings. The van der Waals surface area contributed by atoms with Crippen LogP contribution in [0.5, 0.6) is 0 Å². The van der Waals surface area contributed by atoms with Gasteiger partial charge in [-0.2, -0.15) is 4.40 Å². The molecule has 2 rings (SSSR count). The van der Waals surface area contributed by atoms with Crippen LogP contribution >= 0.6 is 31.9 Å². The molecule has 0 amide bonds. The molecule has 0 N–H and O–H groups in total. The molecule has 0 saturated heterocycles. The minimum absolute atomic E-state index is 0.364. The summed E-state index contributed by atoms with van der Waals surface area (Å²) in [5, 5.41) is 0. The van der Waals surface area contributed by atoms with E-state index in [1.54, 1.807) is 12.2 Å². The van der Waals surface area contributed by atoms with Crippen molar-refractivity contribution in [1.82, 2.24) is 0 Å². The largest absolute Gasteiger partial charge is 0.250 e. The summed E-state index contributed by atoms with van der Waals surface area (Å²) in [6, 6.07) is 15.4. The Kier molecular flexibility index (Phi) is 6.71. The Morgan fingerprint density at radius 1 is 0.833 bits per heavy atom. The summed E-state index contributed by atoms with van der Waals surface area (Å²) in [5.74, 6) is 0. The number of hydrogen-bond donors (Lipinski definition) is 0. The van der Waals surface area contributed by atoms with E-state index in [-0.39, 0.29) is 0 Å². The van der Waals surface area contributed by atoms with Gasteiger partial charge in [0.2, 0.25) is 0 Å². The average molecular weight is 469 g/mol. The SMILES string of the molecule is CS(=O)(=O)N=C(/C=C/c1ccc(Br)cc1)/C=C/c1ccc(Br)cc1. The molecule has 0 unspecified atom stereocenters. The van der Waals surface area contributed by atoms with E-state index in [2.05, 4.69) is 36.3 Å². The monoisotopic (exact) mass is 467 g/mol. The Bertz CT molecular complexity index is 824. The van der Waals surface area contributed by atoms with Crippen molar-refractivity contribution in [2.24, 2.45) is 4.40 Å². The van der Waals surface area contributed by atoms with Crippen molar-refractivity contribution in [3.63, 3.8) is 0 Å². The number of nitrogens with zero attached hydrogens (tertiary/aromatic N) is 1. The van der Waals surface area contributed by atoms with Crippen molar-refractivity contribution < 1.29 is 8.42 Å². The Balaban J connectivity index is 2.26. The van der Waals surface area contributed by atoms with Crippen molar-refractivity contribution in [3.05, 3.63) is 80.8 Å². The van der Waals surface area contributed by atoms with Gasteiger partial charge in [0.25, 0.3) is 10.0 Å². The molecule has 3 nitrogen and oxygen atoms in total. The van der Waals surface area contributed by atoms with Crippen LogP contribution in [0, 0.1) is 0 Å². The maximum absolute atomic E-state index is 11.5. The summed E-state index contributed by atoms with van der Waals surface area (Å²) in [6.07, 6.45) is 8.08. The topological polar surface area (TPSA) is 46.5 Å². The second kappa shape index (κ2) is 8.55. The third kappa shape index (κ3) is 6.95. The van der Waals surface area contributed by atoms with E-state index in [9.17, 15) is 8.42 Å². The lowest BCUT2D eigenvalue weighted by atomic mass is 10.1. The van der Waals surface area contributed by atoms with E-state index in [1.165, 1.54) is 0 Å². The van der Waals surface area contributed by atoms with Crippen molar-refractivity contribution >= 4 is 59.7 Å². The molecular weight excluding hydrogens is 454 g/mol. The number of hydrogen-bond acceptors (Lipinski definition) is 2. The second-order valence-corrected chi connectivity index (χ2v) is 8.50. The zero-order valence-corrected chi connectivity index (χ0v) is 16.8. The Morgan fingerprint density at radius 3 is 1.54 bits per heavy atom. The van der Waals surface area contributed by atoms with Gasteiger partial charge < -0.3 is 0 Å². The Morgan fingerprint density at radius 2 is 1.21 bits per heavy atom. The molecule has 0 aliphatic heterocycles. The van der Waals surface area contributed by atoms with Crippen LogP contribution in [-0.2, 0) is 10.0 Å². The van der Waals surface area contributed by atoms with E-state index in [0.29, 0.717) is 5.71 Å². The number of halogens is 2. The Labute approximate surface area is 159 Å². The first-order valence-electron chi connectivity index (χ1n) is 6.99. The smallest absolute Gasteiger partial charge is 0.205 e. The number of rotatable bonds is 5. The molecule has 0 aliphatic rings. The summed E-state index contributed by atoms with van der Waals surface area (Å²) in [4.78, 5) is 0. The first kappa shape index (κ1) is 18.8. The molecule has 6 heteroatoms. The molecule has 0 heterocycles. The highest BCUT2D eigenvalue weighted by Crippen LogP contribution is 2.13. The second-order valence-electron chi connectivity index (χ2n) is 5.02. The maximum Gasteiger partial charge on any atom is 0.250 e. The van der Waals surface area contributed by atoms with Crippen LogP contribution in [0.1, 0.15) is 11.1 Å². The van der Waals surface area contributed by atoms with E-state index in [4.69, 9.17) is 0 Å². The van der Waals surface area contributed by atoms with Crippen LogP contribution in [0.15, 0.2) is 74.0 Å². The molecule has 0 saturated carbocycles. The summed E-state index contributed by atoms with van der Waals surface area (Å²) in [5.41, 5.74) is 2.27. The van der Waals surface area contributed by atoms with Gasteiger partial charge >= 0.3 is 0 Å². The van der Waals surface area contributed by atoms with Crippen LogP contribution in [0.4, 0.5) is 0 Å². The molecule has 0 fully saturated rings. The highest BCUT2D eigenvalue weighted by atomic mass is 79.9. The minimum Gasteiger partial charge on any atom is -0.205 e. The fourth-order valence-electron chi connectivity index (χ4n) is 1.82. The zero-order chi connectivity index (χ0) is 17.6. The summed E-state index contributed by atoms with van der Waals surface area (Å²) in [6.45, 7) is 0. The van der Waals surface area contributed by atoms with Gasteiger partial charge in [0.1, 0.15) is 0 Å². The fraction of sp³-hybridized carbons (Fsp3) is 0.0556. The first-order valence-corrected chi connectivity index (χ1v) is 10.4. The van der Waals surface area contributed by atoms with Crippen molar-refractivity contribution in [1.29, 1.82) is 0 Å². The molecule has 0 bridgehead atoms. The third-order valence-electron chi connectivity index (χ3n) is 2.90. The van der Waals surface area contributed by atoms with Crippen LogP contribution in [-0.4, -0.2) is 20.4 Å². The lowest BCUT2D eigenvalue weighted by Gasteiger charge is -1.97. The third-order valence-corrected chi connectivity index (χ3v) is 4.50. The van der Waals surface area contributed by atoms with E-state index in [1.807, 2.05) is 60.7 Å². The van der Waals surface area contributed by atoms with Gasteiger partial charge in [-0.05, 0) is 47.5 Å². The van der Waals surface area contributed by atoms with Gasteiger partial charge in [0, 0.05) is 8.95 Å². The number of sulfonamides is 1. The van der Waals surface area contributed by atoms with E-state index >= 15 is 0 Å². The fourth-order valence-corrected chi connectivity index (χ4v) is 2.85. The summed E-state index contributed by atoms with van der Waals surface area (Å²) >= 11 is 6.76. The molecule has 0 atom stereocenters. The quantitative estimate of drug-likeness (QED) is 0.556. The highest BCUT2D eigenvalue weighted by molar-refractivity contribution is 9.10. The lowest BCUT2D eigenvalue weighted by Crippen LogP contribution is -1.97. The van der Waals surface area contributed by atoms with Crippen molar-refractivity contribution in [2.75, 3.05) is 6.26 Å². The first-order chi connectivity index (χ1) is 11.3. The highest BCUT2D eigenvalue weighted by Gasteiger charge is 1.99. The van der Waals surface area contributed by atoms with E-state index in [0.717, 1.165) is 26.3 Å². The molecular formula is C18H15Br2NO2S. The van der Waals surface area contributed by atoms with Gasteiger partial charge in [0.05, 0.1) is 12.0 Å². The van der Waals surface area contributed by atoms with Crippen LogP contribution in [0.3, 0.4) is 0 Å². The van der Waals surface area contributed by atoms with Crippen LogP contribution in [0.25, 0.3) is 12.2 Å². The van der Waals surface area contributed by atoms with Crippen molar-refractivity contribution in [2.45, 2.75) is 0 Å². The normalized spacial score (nSPS) is 12.0. The van der Waals surface area contributed by atoms with E-state index < -0.39 is 10.0 Å².